The Morgan fingerprint density at radius 2 is 1.89 bits per heavy atom. The highest BCUT2D eigenvalue weighted by Crippen LogP contribution is 2.29. The van der Waals surface area contributed by atoms with Gasteiger partial charge in [0.25, 0.3) is 0 Å². The highest BCUT2D eigenvalue weighted by molar-refractivity contribution is 5.74. The summed E-state index contributed by atoms with van der Waals surface area (Å²) >= 11 is 0. The molecule has 37 heavy (non-hydrogen) atoms. The summed E-state index contributed by atoms with van der Waals surface area (Å²) < 4.78 is 17.1. The molecule has 4 rings (SSSR count). The van der Waals surface area contributed by atoms with Gasteiger partial charge in [0.2, 0.25) is 5.89 Å². The number of nitrogens with zero attached hydrogens (tertiary/aromatic N) is 2. The number of oxazole rings is 1. The molecule has 1 aliphatic heterocycles. The molecule has 196 valence electrons. The second kappa shape index (κ2) is 12.0. The third kappa shape index (κ3) is 6.90. The van der Waals surface area contributed by atoms with Crippen LogP contribution >= 0.6 is 0 Å². The Balaban J connectivity index is 1.30. The fourth-order valence-electron chi connectivity index (χ4n) is 4.64. The minimum absolute atomic E-state index is 0.129. The Kier molecular flexibility index (Phi) is 8.48. The molecule has 0 aliphatic carbocycles. The van der Waals surface area contributed by atoms with Crippen LogP contribution in [0.1, 0.15) is 37.3 Å². The van der Waals surface area contributed by atoms with E-state index in [1.54, 1.807) is 13.8 Å². The molecule has 1 aliphatic rings. The smallest absolute Gasteiger partial charge is 0.410 e. The van der Waals surface area contributed by atoms with Crippen LogP contribution in [-0.2, 0) is 22.4 Å². The minimum atomic E-state index is -0.875. The molecule has 0 radical (unpaired) electrons. The maximum atomic E-state index is 12.3. The number of aromatic nitrogens is 1. The molecule has 0 bridgehead atoms. The Labute approximate surface area is 217 Å². The first kappa shape index (κ1) is 26.3. The van der Waals surface area contributed by atoms with Gasteiger partial charge in [-0.15, -0.1) is 0 Å². The van der Waals surface area contributed by atoms with Crippen LogP contribution in [0.15, 0.2) is 59.0 Å². The van der Waals surface area contributed by atoms with Crippen LogP contribution in [0.25, 0.3) is 11.5 Å². The maximum absolute atomic E-state index is 12.3. The summed E-state index contributed by atoms with van der Waals surface area (Å²) in [6.07, 6.45) is 1.29. The molecule has 0 unspecified atom stereocenters. The molecule has 1 aromatic heterocycles. The molecule has 8 nitrogen and oxygen atoms in total. The minimum Gasteiger partial charge on any atom is -0.493 e. The van der Waals surface area contributed by atoms with Gasteiger partial charge in [-0.05, 0) is 69.4 Å². The summed E-state index contributed by atoms with van der Waals surface area (Å²) in [4.78, 5) is 30.2. The number of benzene rings is 2. The van der Waals surface area contributed by atoms with E-state index in [9.17, 15) is 14.7 Å². The first-order valence-corrected chi connectivity index (χ1v) is 12.7. The highest BCUT2D eigenvalue weighted by atomic mass is 16.6. The van der Waals surface area contributed by atoms with Crippen LogP contribution in [0, 0.1) is 18.8 Å². The van der Waals surface area contributed by atoms with E-state index in [0.29, 0.717) is 38.3 Å². The van der Waals surface area contributed by atoms with Crippen molar-refractivity contribution in [1.82, 2.24) is 9.88 Å². The molecular formula is C29H34N2O6. The first-order valence-electron chi connectivity index (χ1n) is 12.7. The van der Waals surface area contributed by atoms with Crippen molar-refractivity contribution < 1.29 is 28.6 Å². The normalized spacial score (nSPS) is 17.2. The topological polar surface area (TPSA) is 102 Å². The van der Waals surface area contributed by atoms with Gasteiger partial charge in [0.15, 0.2) is 0 Å². The number of rotatable bonds is 10. The number of amides is 1. The fraction of sp³-hybridized carbons (Fsp3) is 0.414. The lowest BCUT2D eigenvalue weighted by atomic mass is 9.90. The molecule has 0 spiro atoms. The van der Waals surface area contributed by atoms with Crippen molar-refractivity contribution in [3.63, 3.8) is 0 Å². The highest BCUT2D eigenvalue weighted by Gasteiger charge is 2.40. The van der Waals surface area contributed by atoms with Gasteiger partial charge >= 0.3 is 12.1 Å². The number of aliphatic carboxylic acids is 1. The molecule has 1 N–H and O–H groups in total. The second-order valence-electron chi connectivity index (χ2n) is 9.71. The summed E-state index contributed by atoms with van der Waals surface area (Å²) in [6, 6.07) is 17.6. The van der Waals surface area contributed by atoms with Crippen molar-refractivity contribution in [3.8, 4) is 17.2 Å². The SMILES string of the molecule is Cc1oc(-c2ccccc2)nc1CCOc1cccc(CC[C@@H]2CN(C(=O)OC(C)C)C[C@H]2C(=O)O)c1. The lowest BCUT2D eigenvalue weighted by Gasteiger charge is -2.18. The third-order valence-corrected chi connectivity index (χ3v) is 6.58. The maximum Gasteiger partial charge on any atom is 0.410 e. The molecule has 3 aromatic rings. The second-order valence-corrected chi connectivity index (χ2v) is 9.71. The van der Waals surface area contributed by atoms with Crippen LogP contribution in [0.3, 0.4) is 0 Å². The van der Waals surface area contributed by atoms with Crippen LogP contribution < -0.4 is 4.74 Å². The molecule has 0 saturated carbocycles. The fourth-order valence-corrected chi connectivity index (χ4v) is 4.64. The Bertz CT molecular complexity index is 1210. The van der Waals surface area contributed by atoms with Gasteiger partial charge in [-0.1, -0.05) is 30.3 Å². The van der Waals surface area contributed by atoms with Crippen molar-refractivity contribution in [3.05, 3.63) is 71.6 Å². The third-order valence-electron chi connectivity index (χ3n) is 6.58. The number of carboxylic acid groups (broad SMARTS) is 1. The van der Waals surface area contributed by atoms with Crippen LogP contribution in [-0.4, -0.2) is 52.9 Å². The summed E-state index contributed by atoms with van der Waals surface area (Å²) in [7, 11) is 0. The van der Waals surface area contributed by atoms with Gasteiger partial charge in [-0.3, -0.25) is 4.79 Å². The van der Waals surface area contributed by atoms with Gasteiger partial charge in [-0.2, -0.15) is 0 Å². The number of ether oxygens (including phenoxy) is 2. The van der Waals surface area contributed by atoms with Crippen molar-refractivity contribution in [2.75, 3.05) is 19.7 Å². The van der Waals surface area contributed by atoms with Gasteiger partial charge in [0, 0.05) is 25.1 Å². The molecule has 8 heteroatoms. The average Bonchev–Trinajstić information content (AvgIpc) is 3.47. The van der Waals surface area contributed by atoms with Gasteiger partial charge in [-0.25, -0.2) is 9.78 Å². The van der Waals surface area contributed by atoms with E-state index < -0.39 is 18.0 Å². The monoisotopic (exact) mass is 506 g/mol. The van der Waals surface area contributed by atoms with E-state index in [1.165, 1.54) is 4.90 Å². The molecule has 1 fully saturated rings. The lowest BCUT2D eigenvalue weighted by Crippen LogP contribution is -2.32. The molecule has 2 aromatic carbocycles. The first-order chi connectivity index (χ1) is 17.8. The van der Waals surface area contributed by atoms with E-state index in [4.69, 9.17) is 13.9 Å². The number of carbonyl (C=O) groups excluding carboxylic acids is 1. The Morgan fingerprint density at radius 1 is 1.11 bits per heavy atom. The predicted molar refractivity (Wildman–Crippen MR) is 138 cm³/mol. The van der Waals surface area contributed by atoms with Crippen molar-refractivity contribution in [2.45, 2.75) is 46.1 Å². The Hall–Kier alpha value is -3.81. The molecular weight excluding hydrogens is 472 g/mol. The number of carbonyl (C=O) groups is 2. The van der Waals surface area contributed by atoms with Gasteiger partial charge in [0.1, 0.15) is 11.5 Å². The van der Waals surface area contributed by atoms with Crippen molar-refractivity contribution in [1.29, 1.82) is 0 Å². The number of likely N-dealkylation sites (tertiary alicyclic amines) is 1. The number of aryl methyl sites for hydroxylation is 2. The van der Waals surface area contributed by atoms with Gasteiger partial charge in [0.05, 0.1) is 24.3 Å². The zero-order valence-electron chi connectivity index (χ0n) is 21.6. The van der Waals surface area contributed by atoms with E-state index in [-0.39, 0.29) is 18.6 Å². The number of hydrogen-bond donors (Lipinski definition) is 1. The van der Waals surface area contributed by atoms with E-state index in [1.807, 2.05) is 61.5 Å². The summed E-state index contributed by atoms with van der Waals surface area (Å²) in [5, 5.41) is 9.67. The quantitative estimate of drug-likeness (QED) is 0.394. The van der Waals surface area contributed by atoms with E-state index in [0.717, 1.165) is 28.3 Å². The number of hydrogen-bond acceptors (Lipinski definition) is 6. The lowest BCUT2D eigenvalue weighted by molar-refractivity contribution is -0.142. The van der Waals surface area contributed by atoms with Crippen molar-refractivity contribution in [2.24, 2.45) is 11.8 Å². The molecule has 2 heterocycles. The van der Waals surface area contributed by atoms with E-state index >= 15 is 0 Å². The van der Waals surface area contributed by atoms with Crippen LogP contribution in [0.4, 0.5) is 4.79 Å². The molecule has 2 atom stereocenters. The Morgan fingerprint density at radius 3 is 2.62 bits per heavy atom. The molecule has 1 amide bonds. The van der Waals surface area contributed by atoms with E-state index in [2.05, 4.69) is 4.98 Å². The number of carboxylic acids is 1. The van der Waals surface area contributed by atoms with Gasteiger partial charge < -0.3 is 23.9 Å². The summed E-state index contributed by atoms with van der Waals surface area (Å²) in [6.45, 7) is 6.51. The molecule has 1 saturated heterocycles. The largest absolute Gasteiger partial charge is 0.493 e. The predicted octanol–water partition coefficient (Wildman–Crippen LogP) is 5.38. The standard InChI is InChI=1S/C29H34N2O6/c1-19(2)36-29(34)31-17-23(25(18-31)28(32)33)13-12-21-8-7-11-24(16-21)35-15-14-26-20(3)37-27(30-26)22-9-5-4-6-10-22/h4-11,16,19,23,25H,12-15,17-18H2,1-3H3,(H,32,33)/t23-,25-/m1/s1. The average molecular weight is 507 g/mol. The zero-order valence-corrected chi connectivity index (χ0v) is 21.6. The van der Waals surface area contributed by atoms with Crippen LogP contribution in [0.2, 0.25) is 0 Å². The van der Waals surface area contributed by atoms with Crippen LogP contribution in [0.5, 0.6) is 5.75 Å². The van der Waals surface area contributed by atoms with Crippen molar-refractivity contribution >= 4 is 12.1 Å². The summed E-state index contributed by atoms with van der Waals surface area (Å²) in [5.41, 5.74) is 2.88. The summed E-state index contributed by atoms with van der Waals surface area (Å²) in [5.74, 6) is 0.553. The zero-order chi connectivity index (χ0) is 26.4.